The molecule has 0 amide bonds. The van der Waals surface area contributed by atoms with Gasteiger partial charge in [0.2, 0.25) is 0 Å². The van der Waals surface area contributed by atoms with E-state index in [1.165, 1.54) is 12.8 Å². The summed E-state index contributed by atoms with van der Waals surface area (Å²) in [7, 11) is 0. The molecule has 0 radical (unpaired) electrons. The smallest absolute Gasteiger partial charge is 0.153 e. The Labute approximate surface area is 128 Å². The summed E-state index contributed by atoms with van der Waals surface area (Å²) in [4.78, 5) is 11.0. The predicted molar refractivity (Wildman–Crippen MR) is 82.0 cm³/mol. The number of carbonyl (C=O) groups excluding carboxylic acids is 1. The van der Waals surface area contributed by atoms with Crippen molar-refractivity contribution in [2.75, 3.05) is 13.2 Å². The van der Waals surface area contributed by atoms with E-state index in [4.69, 9.17) is 9.47 Å². The van der Waals surface area contributed by atoms with Gasteiger partial charge in [-0.25, -0.2) is 0 Å². The summed E-state index contributed by atoms with van der Waals surface area (Å²) in [5, 5.41) is 0. The average Bonchev–Trinajstić information content (AvgIpc) is 2.47. The summed E-state index contributed by atoms with van der Waals surface area (Å²) < 4.78 is 11.8. The molecular weight excluding hydrogens is 264 g/mol. The molecule has 2 bridgehead atoms. The lowest BCUT2D eigenvalue weighted by Crippen LogP contribution is -2.52. The molecule has 3 nitrogen and oxygen atoms in total. The summed E-state index contributed by atoms with van der Waals surface area (Å²) in [6.45, 7) is 9.73. The van der Waals surface area contributed by atoms with Gasteiger partial charge in [-0.1, -0.05) is 25.5 Å². The molecule has 2 fully saturated rings. The fourth-order valence-electron chi connectivity index (χ4n) is 4.60. The van der Waals surface area contributed by atoms with Crippen LogP contribution in [-0.4, -0.2) is 31.2 Å². The molecule has 0 N–H and O–H groups in total. The van der Waals surface area contributed by atoms with Crippen molar-refractivity contribution in [1.82, 2.24) is 0 Å². The summed E-state index contributed by atoms with van der Waals surface area (Å²) in [6, 6.07) is 0. The molecule has 1 aliphatic heterocycles. The zero-order valence-corrected chi connectivity index (χ0v) is 13.7. The summed E-state index contributed by atoms with van der Waals surface area (Å²) in [5.74, 6) is 3.47. The number of hydrogen-bond acceptors (Lipinski definition) is 3. The normalized spacial score (nSPS) is 46.5. The molecule has 21 heavy (non-hydrogen) atoms. The minimum absolute atomic E-state index is 0.155. The van der Waals surface area contributed by atoms with Crippen molar-refractivity contribution in [3.8, 4) is 0 Å². The molecule has 4 aliphatic rings. The number of hydrogen-bond donors (Lipinski definition) is 0. The molecule has 3 heteroatoms. The Morgan fingerprint density at radius 1 is 1.38 bits per heavy atom. The molecule has 1 saturated carbocycles. The van der Waals surface area contributed by atoms with Crippen LogP contribution in [0.1, 0.15) is 40.5 Å². The lowest BCUT2D eigenvalue weighted by atomic mass is 9.57. The van der Waals surface area contributed by atoms with E-state index in [-0.39, 0.29) is 6.10 Å². The molecule has 118 valence electrons. The number of fused-ring (bicyclic) bond motifs is 2. The Balaban J connectivity index is 1.70. The number of allylic oxidation sites excluding steroid dienone is 2. The Hall–Kier alpha value is -0.670. The monoisotopic (exact) mass is 292 g/mol. The molecule has 4 rings (SSSR count). The number of aldehydes is 1. The molecule has 0 spiro atoms. The van der Waals surface area contributed by atoms with Gasteiger partial charge in [0.05, 0.1) is 19.3 Å². The van der Waals surface area contributed by atoms with Gasteiger partial charge in [-0.05, 0) is 56.3 Å². The largest absolute Gasteiger partial charge is 0.372 e. The van der Waals surface area contributed by atoms with E-state index < -0.39 is 5.60 Å². The average molecular weight is 292 g/mol. The fraction of sp³-hybridized carbons (Fsp3) is 0.833. The zero-order chi connectivity index (χ0) is 15.2. The van der Waals surface area contributed by atoms with Crippen molar-refractivity contribution >= 4 is 6.29 Å². The van der Waals surface area contributed by atoms with Crippen molar-refractivity contribution in [2.24, 2.45) is 29.6 Å². The lowest BCUT2D eigenvalue weighted by molar-refractivity contribution is -0.199. The van der Waals surface area contributed by atoms with Crippen LogP contribution in [0.15, 0.2) is 11.6 Å². The first-order valence-corrected chi connectivity index (χ1v) is 8.34. The van der Waals surface area contributed by atoms with Crippen LogP contribution >= 0.6 is 0 Å². The van der Waals surface area contributed by atoms with Gasteiger partial charge >= 0.3 is 0 Å². The Bertz CT molecular complexity index is 432. The van der Waals surface area contributed by atoms with Crippen molar-refractivity contribution < 1.29 is 14.3 Å². The van der Waals surface area contributed by atoms with Gasteiger partial charge in [-0.15, -0.1) is 0 Å². The Kier molecular flexibility index (Phi) is 4.00. The fourth-order valence-corrected chi connectivity index (χ4v) is 4.60. The van der Waals surface area contributed by atoms with Crippen LogP contribution in [0.3, 0.4) is 0 Å². The van der Waals surface area contributed by atoms with Crippen molar-refractivity contribution in [3.05, 3.63) is 11.6 Å². The van der Waals surface area contributed by atoms with Gasteiger partial charge < -0.3 is 14.3 Å². The quantitative estimate of drug-likeness (QED) is 0.592. The van der Waals surface area contributed by atoms with E-state index in [1.54, 1.807) is 5.57 Å². The van der Waals surface area contributed by atoms with Gasteiger partial charge in [0, 0.05) is 0 Å². The van der Waals surface area contributed by atoms with Gasteiger partial charge in [0.15, 0.2) is 6.29 Å². The van der Waals surface area contributed by atoms with Crippen LogP contribution in [0.25, 0.3) is 0 Å². The Morgan fingerprint density at radius 3 is 2.67 bits per heavy atom. The van der Waals surface area contributed by atoms with E-state index in [0.29, 0.717) is 31.0 Å². The van der Waals surface area contributed by atoms with E-state index in [0.717, 1.165) is 18.1 Å². The lowest BCUT2D eigenvalue weighted by Gasteiger charge is -2.51. The molecule has 6 atom stereocenters. The molecule has 1 saturated heterocycles. The number of rotatable bonds is 3. The summed E-state index contributed by atoms with van der Waals surface area (Å²) in [6.07, 6.45) is 6.05. The van der Waals surface area contributed by atoms with Crippen LogP contribution in [0.5, 0.6) is 0 Å². The second kappa shape index (κ2) is 5.51. The molecule has 0 aromatic carbocycles. The van der Waals surface area contributed by atoms with E-state index in [1.807, 2.05) is 6.92 Å². The van der Waals surface area contributed by atoms with Crippen LogP contribution in [-0.2, 0) is 14.3 Å². The zero-order valence-electron chi connectivity index (χ0n) is 13.7. The molecule has 3 aliphatic carbocycles. The first kappa shape index (κ1) is 15.2. The third-order valence-electron chi connectivity index (χ3n) is 5.94. The highest BCUT2D eigenvalue weighted by Crippen LogP contribution is 2.51. The molecular formula is C18H28O3. The summed E-state index contributed by atoms with van der Waals surface area (Å²) in [5.41, 5.74) is 0.802. The van der Waals surface area contributed by atoms with Crippen LogP contribution < -0.4 is 0 Å². The molecule has 6 unspecified atom stereocenters. The van der Waals surface area contributed by atoms with E-state index in [2.05, 4.69) is 26.8 Å². The minimum Gasteiger partial charge on any atom is -0.372 e. The second-order valence-corrected chi connectivity index (χ2v) is 7.82. The summed E-state index contributed by atoms with van der Waals surface area (Å²) >= 11 is 0. The van der Waals surface area contributed by atoms with Crippen LogP contribution in [0, 0.1) is 29.6 Å². The highest BCUT2D eigenvalue weighted by molar-refractivity contribution is 5.62. The Morgan fingerprint density at radius 2 is 2.14 bits per heavy atom. The molecule has 0 aromatic heterocycles. The standard InChI is InChI=1S/C18H28O3/c1-11(2)14-7-15-12(3)5-13(14)6-16(15)17-8-21-18(4,9-19)10-20-17/h5,9,11,13-17H,6-8,10H2,1-4H3. The first-order chi connectivity index (χ1) is 9.93. The maximum Gasteiger partial charge on any atom is 0.153 e. The highest BCUT2D eigenvalue weighted by Gasteiger charge is 2.47. The second-order valence-electron chi connectivity index (χ2n) is 7.82. The van der Waals surface area contributed by atoms with Gasteiger partial charge in [0.25, 0.3) is 0 Å². The third-order valence-corrected chi connectivity index (χ3v) is 5.94. The maximum atomic E-state index is 11.0. The van der Waals surface area contributed by atoms with Crippen LogP contribution in [0.4, 0.5) is 0 Å². The SMILES string of the molecule is CC1=CC2CC(C3COC(C)(C=O)CO3)C1CC2C(C)C. The molecule has 1 heterocycles. The predicted octanol–water partition coefficient (Wildman–Crippen LogP) is 3.23. The van der Waals surface area contributed by atoms with Crippen LogP contribution in [0.2, 0.25) is 0 Å². The highest BCUT2D eigenvalue weighted by atomic mass is 16.6. The maximum absolute atomic E-state index is 11.0. The van der Waals surface area contributed by atoms with Gasteiger partial charge in [-0.3, -0.25) is 0 Å². The van der Waals surface area contributed by atoms with Crippen molar-refractivity contribution in [2.45, 2.75) is 52.2 Å². The van der Waals surface area contributed by atoms with Crippen molar-refractivity contribution in [3.63, 3.8) is 0 Å². The third kappa shape index (κ3) is 2.70. The molecule has 0 aromatic rings. The van der Waals surface area contributed by atoms with Crippen molar-refractivity contribution in [1.29, 1.82) is 0 Å². The minimum atomic E-state index is -0.741. The first-order valence-electron chi connectivity index (χ1n) is 8.34. The van der Waals surface area contributed by atoms with E-state index in [9.17, 15) is 4.79 Å². The van der Waals surface area contributed by atoms with E-state index >= 15 is 0 Å². The number of carbonyl (C=O) groups is 1. The topological polar surface area (TPSA) is 35.5 Å². The number of ether oxygens (including phenoxy) is 2. The van der Waals surface area contributed by atoms with Gasteiger partial charge in [0.1, 0.15) is 5.60 Å². The van der Waals surface area contributed by atoms with Gasteiger partial charge in [-0.2, -0.15) is 0 Å².